The Morgan fingerprint density at radius 3 is 1.54 bits per heavy atom. The molecule has 0 N–H and O–H groups in total. The molecule has 0 atom stereocenters. The van der Waals surface area contributed by atoms with Crippen LogP contribution in [0.2, 0.25) is 0 Å². The third-order valence-electron chi connectivity index (χ3n) is 3.42. The molecule has 0 bridgehead atoms. The van der Waals surface area contributed by atoms with Crippen LogP contribution in [0.5, 0.6) is 0 Å². The van der Waals surface area contributed by atoms with Gasteiger partial charge in [-0.15, -0.1) is 0 Å². The Labute approximate surface area is 222 Å². The molecule has 0 spiro atoms. The van der Waals surface area contributed by atoms with Gasteiger partial charge in [0.05, 0.1) is 0 Å². The first-order chi connectivity index (χ1) is 13.7. The van der Waals surface area contributed by atoms with E-state index in [9.17, 15) is 0 Å². The molecule has 0 radical (unpaired) electrons. The predicted octanol–water partition coefficient (Wildman–Crippen LogP) is 8.47. The van der Waals surface area contributed by atoms with Crippen LogP contribution < -0.4 is 0 Å². The van der Waals surface area contributed by atoms with E-state index in [0.717, 1.165) is 11.5 Å². The van der Waals surface area contributed by atoms with Crippen LogP contribution in [-0.2, 0) is 0 Å². The summed E-state index contributed by atoms with van der Waals surface area (Å²) < 4.78 is 16.2. The summed E-state index contributed by atoms with van der Waals surface area (Å²) in [6.07, 6.45) is 0. The summed E-state index contributed by atoms with van der Waals surface area (Å²) in [4.78, 5) is 0. The summed E-state index contributed by atoms with van der Waals surface area (Å²) in [5.74, 6) is 4.97. The first kappa shape index (κ1) is 23.0. The zero-order chi connectivity index (χ0) is 19.1. The molecule has 0 fully saturated rings. The fourth-order valence-electron chi connectivity index (χ4n) is 2.35. The normalized spacial score (nSPS) is 25.1. The number of hydrogen-bond donors (Lipinski definition) is 0. The number of thioether (sulfide) groups is 10. The summed E-state index contributed by atoms with van der Waals surface area (Å²) in [5, 5.41) is 0. The van der Waals surface area contributed by atoms with Crippen LogP contribution in [0.25, 0.3) is 0 Å². The van der Waals surface area contributed by atoms with E-state index < -0.39 is 0 Å². The van der Waals surface area contributed by atoms with Gasteiger partial charge in [-0.3, -0.25) is 0 Å². The van der Waals surface area contributed by atoms with Gasteiger partial charge < -0.3 is 0 Å². The van der Waals surface area contributed by atoms with Crippen LogP contribution in [0.1, 0.15) is 13.8 Å². The number of hydrogen-bond acceptors (Lipinski definition) is 10. The van der Waals surface area contributed by atoms with Crippen LogP contribution in [0.3, 0.4) is 0 Å². The second kappa shape index (κ2) is 10.7. The van der Waals surface area contributed by atoms with Gasteiger partial charge >= 0.3 is 225 Å². The number of rotatable bonds is 4. The molecule has 0 aromatic rings. The van der Waals surface area contributed by atoms with Crippen molar-refractivity contribution < 1.29 is 0 Å². The van der Waals surface area contributed by atoms with Gasteiger partial charge in [0, 0.05) is 0 Å². The van der Waals surface area contributed by atoms with Gasteiger partial charge in [0.2, 0.25) is 0 Å². The molecule has 12 heteroatoms. The van der Waals surface area contributed by atoms with Crippen molar-refractivity contribution in [2.24, 2.45) is 0 Å². The van der Waals surface area contributed by atoms with Gasteiger partial charge in [0.25, 0.3) is 0 Å². The molecule has 0 nitrogen and oxygen atoms in total. The van der Waals surface area contributed by atoms with Crippen LogP contribution in [0.15, 0.2) is 40.6 Å². The first-order valence-corrected chi connectivity index (χ1v) is 20.7. The van der Waals surface area contributed by atoms with Crippen molar-refractivity contribution in [1.29, 1.82) is 0 Å². The van der Waals surface area contributed by atoms with Gasteiger partial charge in [-0.1, -0.05) is 0 Å². The molecule has 0 saturated heterocycles. The van der Waals surface area contributed by atoms with E-state index >= 15 is 0 Å². The summed E-state index contributed by atoms with van der Waals surface area (Å²) in [7, 11) is 0. The van der Waals surface area contributed by atoms with E-state index in [1.807, 2.05) is 70.6 Å². The van der Waals surface area contributed by atoms with Crippen molar-refractivity contribution in [3.63, 3.8) is 0 Å². The molecule has 5 aliphatic heterocycles. The molecule has 0 aromatic carbocycles. The maximum absolute atomic E-state index is 2.26. The molecule has 0 aromatic heterocycles. The van der Waals surface area contributed by atoms with Crippen molar-refractivity contribution in [2.75, 3.05) is 23.0 Å². The summed E-state index contributed by atoms with van der Waals surface area (Å²) in [6, 6.07) is 0. The Balaban J connectivity index is 1.25. The minimum atomic E-state index is 0.624. The average molecular weight is 685 g/mol. The second-order valence-electron chi connectivity index (χ2n) is 5.25. The topological polar surface area (TPSA) is 0 Å². The summed E-state index contributed by atoms with van der Waals surface area (Å²) in [6.45, 7) is 4.52. The zero-order valence-corrected chi connectivity index (χ0v) is 26.3. The van der Waals surface area contributed by atoms with Crippen molar-refractivity contribution in [3.05, 3.63) is 40.6 Å². The van der Waals surface area contributed by atoms with E-state index in [-0.39, 0.29) is 0 Å². The van der Waals surface area contributed by atoms with E-state index in [2.05, 4.69) is 60.9 Å². The van der Waals surface area contributed by atoms with Gasteiger partial charge in [0.15, 0.2) is 0 Å². The Kier molecular flexibility index (Phi) is 8.76. The van der Waals surface area contributed by atoms with E-state index in [1.165, 1.54) is 28.5 Å². The Bertz CT molecular complexity index is 807. The van der Waals surface area contributed by atoms with E-state index in [0.29, 0.717) is 29.9 Å². The summed E-state index contributed by atoms with van der Waals surface area (Å²) >= 11 is 21.8. The third kappa shape index (κ3) is 5.01. The van der Waals surface area contributed by atoms with Crippen LogP contribution >= 0.6 is 118 Å². The standard InChI is InChI=1S/C16H14S10Se2/c1-3-17-7-8(18-4-2)22-9(21-7)10-23-11-12(24-10)26-13(25-11)16-27-14-15(28-16)20-6-5-19-14/h3-6H2,1-2H3. The molecular formula is C16H14S10Se2. The maximum atomic E-state index is 2.26. The van der Waals surface area contributed by atoms with Crippen molar-refractivity contribution in [2.45, 2.75) is 13.8 Å². The second-order valence-corrected chi connectivity index (χ2v) is 24.7. The predicted molar refractivity (Wildman–Crippen MR) is 153 cm³/mol. The van der Waals surface area contributed by atoms with E-state index in [4.69, 9.17) is 0 Å². The van der Waals surface area contributed by atoms with Crippen LogP contribution in [0.4, 0.5) is 0 Å². The van der Waals surface area contributed by atoms with Gasteiger partial charge in [-0.05, 0) is 0 Å². The van der Waals surface area contributed by atoms with Crippen LogP contribution in [-0.4, -0.2) is 52.9 Å². The SMILES string of the molecule is CCSC1=C(SCC)SC(=C2SC3=C(S2)SC(=C2[Se]C4=C(SCCS4)[Se]2)S3)S1. The monoisotopic (exact) mass is 686 g/mol. The molecule has 28 heavy (non-hydrogen) atoms. The fraction of sp³-hybridized carbons (Fsp3) is 0.375. The molecule has 5 rings (SSSR count). The Morgan fingerprint density at radius 1 is 0.643 bits per heavy atom. The molecule has 5 aliphatic rings. The molecule has 0 aliphatic carbocycles. The van der Waals surface area contributed by atoms with Gasteiger partial charge in [0.1, 0.15) is 0 Å². The van der Waals surface area contributed by atoms with Crippen molar-refractivity contribution >= 4 is 148 Å². The first-order valence-electron chi connectivity index (χ1n) is 8.40. The van der Waals surface area contributed by atoms with E-state index in [1.54, 1.807) is 23.7 Å². The molecule has 5 heterocycles. The third-order valence-corrected chi connectivity index (χ3v) is 26.8. The quantitative estimate of drug-likeness (QED) is 0.264. The molecular weight excluding hydrogens is 671 g/mol. The van der Waals surface area contributed by atoms with Crippen molar-refractivity contribution in [3.8, 4) is 0 Å². The fourth-order valence-corrected chi connectivity index (χ4v) is 27.7. The molecule has 0 saturated carbocycles. The molecule has 0 unspecified atom stereocenters. The Morgan fingerprint density at radius 2 is 1.07 bits per heavy atom. The van der Waals surface area contributed by atoms with Gasteiger partial charge in [-0.25, -0.2) is 0 Å². The molecule has 0 amide bonds. The minimum absolute atomic E-state index is 0.624. The summed E-state index contributed by atoms with van der Waals surface area (Å²) in [5.41, 5.74) is 0. The zero-order valence-electron chi connectivity index (χ0n) is 14.7. The molecule has 150 valence electrons. The van der Waals surface area contributed by atoms with Crippen molar-refractivity contribution in [1.82, 2.24) is 0 Å². The average Bonchev–Trinajstić information content (AvgIpc) is 3.43. The van der Waals surface area contributed by atoms with Crippen LogP contribution in [0, 0.1) is 0 Å². The van der Waals surface area contributed by atoms with Gasteiger partial charge in [-0.2, -0.15) is 0 Å². The Hall–Kier alpha value is 3.24.